The van der Waals surface area contributed by atoms with Crippen molar-refractivity contribution >= 4 is 5.97 Å². The molecule has 0 unspecified atom stereocenters. The molecular formula is C11H20O4. The van der Waals surface area contributed by atoms with Crippen LogP contribution in [-0.4, -0.2) is 24.4 Å². The van der Waals surface area contributed by atoms with Crippen LogP contribution >= 0.6 is 0 Å². The summed E-state index contributed by atoms with van der Waals surface area (Å²) in [6.45, 7) is 2.70. The smallest absolute Gasteiger partial charge is 0.308 e. The van der Waals surface area contributed by atoms with Gasteiger partial charge in [-0.15, -0.1) is 0 Å². The lowest BCUT2D eigenvalue weighted by molar-refractivity contribution is -0.244. The number of esters is 1. The zero-order chi connectivity index (χ0) is 11.1. The fourth-order valence-corrected chi connectivity index (χ4v) is 2.17. The van der Waals surface area contributed by atoms with E-state index in [9.17, 15) is 4.79 Å². The highest BCUT2D eigenvalue weighted by Crippen LogP contribution is 2.31. The minimum atomic E-state index is -0.0469. The second-order valence-electron chi connectivity index (χ2n) is 4.09. The lowest BCUT2D eigenvalue weighted by Gasteiger charge is -2.26. The first-order valence-corrected chi connectivity index (χ1v) is 5.71. The maximum absolute atomic E-state index is 11.4. The third-order valence-corrected chi connectivity index (χ3v) is 3.08. The third-order valence-electron chi connectivity index (χ3n) is 3.08. The topological polar surface area (TPSA) is 55.8 Å². The molecule has 0 amide bonds. The molecule has 0 aromatic carbocycles. The molecule has 88 valence electrons. The Morgan fingerprint density at radius 2 is 2.00 bits per heavy atom. The summed E-state index contributed by atoms with van der Waals surface area (Å²) in [6.07, 6.45) is 4.77. The molecular weight excluding hydrogens is 196 g/mol. The molecule has 1 aliphatic carbocycles. The Morgan fingerprint density at radius 1 is 1.33 bits per heavy atom. The molecule has 0 saturated heterocycles. The average Bonchev–Trinajstić information content (AvgIpc) is 2.27. The first kappa shape index (κ1) is 12.5. The van der Waals surface area contributed by atoms with Crippen molar-refractivity contribution in [1.82, 2.24) is 0 Å². The zero-order valence-electron chi connectivity index (χ0n) is 9.28. The number of rotatable bonds is 5. The molecule has 0 spiro atoms. The number of hydrogen-bond acceptors (Lipinski definition) is 4. The number of ether oxygens (including phenoxy) is 1. The lowest BCUT2D eigenvalue weighted by Crippen LogP contribution is -2.24. The SMILES string of the molecule is CCOC(=O)C1CCC(CCOO)CC1. The molecule has 0 aromatic rings. The monoisotopic (exact) mass is 216 g/mol. The van der Waals surface area contributed by atoms with Crippen LogP contribution in [0.25, 0.3) is 0 Å². The van der Waals surface area contributed by atoms with Crippen molar-refractivity contribution in [3.05, 3.63) is 0 Å². The molecule has 1 saturated carbocycles. The lowest BCUT2D eigenvalue weighted by atomic mass is 9.81. The summed E-state index contributed by atoms with van der Waals surface area (Å²) in [5, 5.41) is 8.23. The van der Waals surface area contributed by atoms with Gasteiger partial charge in [-0.05, 0) is 44.9 Å². The van der Waals surface area contributed by atoms with Crippen molar-refractivity contribution in [1.29, 1.82) is 0 Å². The molecule has 15 heavy (non-hydrogen) atoms. The minimum absolute atomic E-state index is 0.0469. The van der Waals surface area contributed by atoms with Crippen LogP contribution in [0, 0.1) is 11.8 Å². The predicted molar refractivity (Wildman–Crippen MR) is 55.3 cm³/mol. The Hall–Kier alpha value is -0.610. The van der Waals surface area contributed by atoms with Gasteiger partial charge >= 0.3 is 5.97 Å². The van der Waals surface area contributed by atoms with Crippen molar-refractivity contribution in [3.63, 3.8) is 0 Å². The van der Waals surface area contributed by atoms with Crippen molar-refractivity contribution < 1.29 is 19.7 Å². The predicted octanol–water partition coefficient (Wildman–Crippen LogP) is 2.24. The maximum atomic E-state index is 11.4. The van der Waals surface area contributed by atoms with E-state index in [-0.39, 0.29) is 11.9 Å². The van der Waals surface area contributed by atoms with Crippen molar-refractivity contribution in [2.45, 2.75) is 39.0 Å². The summed E-state index contributed by atoms with van der Waals surface area (Å²) < 4.78 is 4.99. The van der Waals surface area contributed by atoms with Gasteiger partial charge < -0.3 is 4.74 Å². The van der Waals surface area contributed by atoms with E-state index in [0.29, 0.717) is 19.1 Å². The van der Waals surface area contributed by atoms with Crippen LogP contribution in [-0.2, 0) is 14.4 Å². The van der Waals surface area contributed by atoms with Gasteiger partial charge in [-0.1, -0.05) is 0 Å². The van der Waals surface area contributed by atoms with Crippen LogP contribution in [0.4, 0.5) is 0 Å². The maximum Gasteiger partial charge on any atom is 0.308 e. The summed E-state index contributed by atoms with van der Waals surface area (Å²) in [5.41, 5.74) is 0. The van der Waals surface area contributed by atoms with Gasteiger partial charge in [-0.2, -0.15) is 0 Å². The molecule has 0 aliphatic heterocycles. The number of carbonyl (C=O) groups excluding carboxylic acids is 1. The van der Waals surface area contributed by atoms with E-state index in [2.05, 4.69) is 4.89 Å². The molecule has 1 aliphatic rings. The quantitative estimate of drug-likeness (QED) is 0.435. The van der Waals surface area contributed by atoms with Gasteiger partial charge in [0.1, 0.15) is 0 Å². The Morgan fingerprint density at radius 3 is 2.53 bits per heavy atom. The fraction of sp³-hybridized carbons (Fsp3) is 0.909. The normalized spacial score (nSPS) is 26.3. The Balaban J connectivity index is 2.20. The molecule has 4 nitrogen and oxygen atoms in total. The molecule has 0 aromatic heterocycles. The largest absolute Gasteiger partial charge is 0.466 e. The van der Waals surface area contributed by atoms with Crippen LogP contribution in [0.1, 0.15) is 39.0 Å². The molecule has 4 heteroatoms. The standard InChI is InChI=1S/C11H20O4/c1-2-14-11(12)10-5-3-9(4-6-10)7-8-15-13/h9-10,13H,2-8H2,1H3. The minimum Gasteiger partial charge on any atom is -0.466 e. The molecule has 1 rings (SSSR count). The second-order valence-corrected chi connectivity index (χ2v) is 4.09. The van der Waals surface area contributed by atoms with Gasteiger partial charge in [0.05, 0.1) is 19.1 Å². The van der Waals surface area contributed by atoms with Gasteiger partial charge in [-0.3, -0.25) is 10.1 Å². The zero-order valence-corrected chi connectivity index (χ0v) is 9.28. The Bertz CT molecular complexity index is 185. The van der Waals surface area contributed by atoms with E-state index in [1.54, 1.807) is 0 Å². The van der Waals surface area contributed by atoms with E-state index in [1.807, 2.05) is 6.92 Å². The van der Waals surface area contributed by atoms with Gasteiger partial charge in [0.2, 0.25) is 0 Å². The van der Waals surface area contributed by atoms with Gasteiger partial charge in [0.15, 0.2) is 0 Å². The summed E-state index contributed by atoms with van der Waals surface area (Å²) in [7, 11) is 0. The van der Waals surface area contributed by atoms with E-state index in [1.165, 1.54) is 0 Å². The Labute approximate surface area is 90.5 Å². The number of carbonyl (C=O) groups is 1. The van der Waals surface area contributed by atoms with Crippen LogP contribution in [0.3, 0.4) is 0 Å². The van der Waals surface area contributed by atoms with Crippen LogP contribution in [0.15, 0.2) is 0 Å². The summed E-state index contributed by atoms with van der Waals surface area (Å²) in [4.78, 5) is 15.5. The highest BCUT2D eigenvalue weighted by atomic mass is 17.1. The van der Waals surface area contributed by atoms with Crippen LogP contribution in [0.5, 0.6) is 0 Å². The van der Waals surface area contributed by atoms with Gasteiger partial charge in [0, 0.05) is 0 Å². The van der Waals surface area contributed by atoms with Crippen LogP contribution < -0.4 is 0 Å². The van der Waals surface area contributed by atoms with E-state index in [4.69, 9.17) is 9.99 Å². The first-order chi connectivity index (χ1) is 7.27. The van der Waals surface area contributed by atoms with Crippen molar-refractivity contribution in [2.75, 3.05) is 13.2 Å². The summed E-state index contributed by atoms with van der Waals surface area (Å²) in [6, 6.07) is 0. The molecule has 0 heterocycles. The second kappa shape index (κ2) is 6.80. The summed E-state index contributed by atoms with van der Waals surface area (Å²) in [5.74, 6) is 0.633. The van der Waals surface area contributed by atoms with Gasteiger partial charge in [-0.25, -0.2) is 4.89 Å². The van der Waals surface area contributed by atoms with E-state index < -0.39 is 0 Å². The van der Waals surface area contributed by atoms with Crippen molar-refractivity contribution in [2.24, 2.45) is 11.8 Å². The molecule has 0 bridgehead atoms. The Kier molecular flexibility index (Phi) is 5.65. The fourth-order valence-electron chi connectivity index (χ4n) is 2.17. The van der Waals surface area contributed by atoms with E-state index >= 15 is 0 Å². The highest BCUT2D eigenvalue weighted by Gasteiger charge is 2.26. The molecule has 0 atom stereocenters. The number of hydrogen-bond donors (Lipinski definition) is 1. The van der Waals surface area contributed by atoms with Crippen LogP contribution in [0.2, 0.25) is 0 Å². The molecule has 0 radical (unpaired) electrons. The van der Waals surface area contributed by atoms with Gasteiger partial charge in [0.25, 0.3) is 0 Å². The first-order valence-electron chi connectivity index (χ1n) is 5.71. The molecule has 1 N–H and O–H groups in total. The average molecular weight is 216 g/mol. The van der Waals surface area contributed by atoms with Crippen molar-refractivity contribution in [3.8, 4) is 0 Å². The highest BCUT2D eigenvalue weighted by molar-refractivity contribution is 5.72. The summed E-state index contributed by atoms with van der Waals surface area (Å²) >= 11 is 0. The van der Waals surface area contributed by atoms with E-state index in [0.717, 1.165) is 32.1 Å². The molecule has 1 fully saturated rings. The third kappa shape index (κ3) is 4.18.